The van der Waals surface area contributed by atoms with Gasteiger partial charge in [-0.1, -0.05) is 0 Å². The maximum absolute atomic E-state index is 11.9. The molecule has 0 aliphatic rings. The molecule has 6 nitrogen and oxygen atoms in total. The molecule has 0 saturated carbocycles. The Bertz CT molecular complexity index is 651. The van der Waals surface area contributed by atoms with E-state index < -0.39 is 11.9 Å². The molecule has 2 aromatic rings. The fraction of sp³-hybridized carbons (Fsp3) is 0.0833. The lowest BCUT2D eigenvalue weighted by Gasteiger charge is -2.07. The number of H-pyrrole nitrogens is 1. The lowest BCUT2D eigenvalue weighted by atomic mass is 10.1. The van der Waals surface area contributed by atoms with E-state index in [0.717, 1.165) is 9.26 Å². The van der Waals surface area contributed by atoms with Gasteiger partial charge in [-0.2, -0.15) is 5.10 Å². The van der Waals surface area contributed by atoms with Crippen molar-refractivity contribution in [2.75, 3.05) is 5.32 Å². The molecule has 0 aliphatic heterocycles. The zero-order valence-corrected chi connectivity index (χ0v) is 12.1. The van der Waals surface area contributed by atoms with Crippen molar-refractivity contribution in [1.29, 1.82) is 0 Å². The molecule has 2 rings (SSSR count). The Balaban J connectivity index is 2.28. The molecule has 98 valence electrons. The Morgan fingerprint density at radius 3 is 2.68 bits per heavy atom. The van der Waals surface area contributed by atoms with Crippen molar-refractivity contribution in [3.05, 3.63) is 44.8 Å². The van der Waals surface area contributed by atoms with Gasteiger partial charge >= 0.3 is 5.97 Å². The first-order valence-corrected chi connectivity index (χ1v) is 6.41. The molecule has 0 fully saturated rings. The van der Waals surface area contributed by atoms with E-state index in [4.69, 9.17) is 5.11 Å². The number of aromatic carboxylic acids is 1. The van der Waals surface area contributed by atoms with Crippen LogP contribution in [0.4, 0.5) is 5.69 Å². The molecular formula is C12H10IN3O3. The number of nitrogens with zero attached hydrogens (tertiary/aromatic N) is 1. The minimum absolute atomic E-state index is 0.0486. The number of carboxylic acid groups (broad SMARTS) is 1. The highest BCUT2D eigenvalue weighted by Crippen LogP contribution is 2.19. The third-order valence-electron chi connectivity index (χ3n) is 2.40. The second-order valence-electron chi connectivity index (χ2n) is 3.89. The van der Waals surface area contributed by atoms with Crippen molar-refractivity contribution >= 4 is 40.2 Å². The largest absolute Gasteiger partial charge is 0.478 e. The van der Waals surface area contributed by atoms with Crippen LogP contribution in [0.25, 0.3) is 0 Å². The highest BCUT2D eigenvalue weighted by Gasteiger charge is 2.15. The summed E-state index contributed by atoms with van der Waals surface area (Å²) in [5.74, 6) is -1.54. The first-order valence-electron chi connectivity index (χ1n) is 5.33. The van der Waals surface area contributed by atoms with Gasteiger partial charge in [0.1, 0.15) is 0 Å². The molecule has 0 saturated heterocycles. The number of nitrogens with one attached hydrogen (secondary N) is 2. The van der Waals surface area contributed by atoms with Gasteiger partial charge in [-0.25, -0.2) is 4.79 Å². The second kappa shape index (κ2) is 5.39. The first-order chi connectivity index (χ1) is 8.97. The van der Waals surface area contributed by atoms with Gasteiger partial charge in [0.15, 0.2) is 5.69 Å². The van der Waals surface area contributed by atoms with Gasteiger partial charge in [0.05, 0.1) is 11.3 Å². The summed E-state index contributed by atoms with van der Waals surface area (Å²) in [6.45, 7) is 1.78. The Morgan fingerprint density at radius 2 is 2.11 bits per heavy atom. The Hall–Kier alpha value is -1.90. The van der Waals surface area contributed by atoms with Crippen LogP contribution in [0.15, 0.2) is 24.3 Å². The van der Waals surface area contributed by atoms with Gasteiger partial charge in [0, 0.05) is 9.26 Å². The van der Waals surface area contributed by atoms with Crippen LogP contribution in [0.2, 0.25) is 0 Å². The van der Waals surface area contributed by atoms with Crippen molar-refractivity contribution in [3.8, 4) is 0 Å². The van der Waals surface area contributed by atoms with Crippen LogP contribution in [-0.4, -0.2) is 27.2 Å². The number of aryl methyl sites for hydroxylation is 1. The van der Waals surface area contributed by atoms with E-state index in [0.29, 0.717) is 0 Å². The topological polar surface area (TPSA) is 95.1 Å². The van der Waals surface area contributed by atoms with E-state index in [-0.39, 0.29) is 16.9 Å². The lowest BCUT2D eigenvalue weighted by molar-refractivity contribution is 0.0698. The van der Waals surface area contributed by atoms with Gasteiger partial charge in [-0.15, -0.1) is 0 Å². The fourth-order valence-electron chi connectivity index (χ4n) is 1.52. The predicted molar refractivity (Wildman–Crippen MR) is 77.4 cm³/mol. The number of anilines is 1. The number of aromatic nitrogens is 2. The van der Waals surface area contributed by atoms with Crippen LogP contribution in [0, 0.1) is 10.5 Å². The number of carboxylic acids is 1. The quantitative estimate of drug-likeness (QED) is 0.722. The molecule has 0 atom stereocenters. The van der Waals surface area contributed by atoms with Crippen molar-refractivity contribution < 1.29 is 14.7 Å². The summed E-state index contributed by atoms with van der Waals surface area (Å²) in [4.78, 5) is 23.0. The normalized spacial score (nSPS) is 10.2. The van der Waals surface area contributed by atoms with E-state index in [2.05, 4.69) is 15.5 Å². The number of rotatable bonds is 3. The first kappa shape index (κ1) is 13.5. The number of amides is 1. The van der Waals surface area contributed by atoms with E-state index in [1.54, 1.807) is 25.1 Å². The third kappa shape index (κ3) is 3.11. The summed E-state index contributed by atoms with van der Waals surface area (Å²) in [7, 11) is 0. The molecule has 1 heterocycles. The zero-order valence-electron chi connectivity index (χ0n) is 9.90. The van der Waals surface area contributed by atoms with Crippen molar-refractivity contribution in [2.45, 2.75) is 6.92 Å². The summed E-state index contributed by atoms with van der Waals surface area (Å²) in [6.07, 6.45) is 0. The zero-order chi connectivity index (χ0) is 14.0. The molecule has 0 spiro atoms. The predicted octanol–water partition coefficient (Wildman–Crippen LogP) is 2.27. The van der Waals surface area contributed by atoms with Crippen LogP contribution < -0.4 is 5.32 Å². The Labute approximate surface area is 122 Å². The fourth-order valence-corrected chi connectivity index (χ4v) is 2.01. The van der Waals surface area contributed by atoms with Crippen LogP contribution in [0.5, 0.6) is 0 Å². The summed E-state index contributed by atoms with van der Waals surface area (Å²) >= 11 is 2.01. The van der Waals surface area contributed by atoms with E-state index >= 15 is 0 Å². The molecular weight excluding hydrogens is 361 g/mol. The number of hydrogen-bond donors (Lipinski definition) is 3. The number of carbonyl (C=O) groups excluding carboxylic acids is 1. The van der Waals surface area contributed by atoms with Gasteiger partial charge in [0.2, 0.25) is 0 Å². The smallest absolute Gasteiger partial charge is 0.337 e. The van der Waals surface area contributed by atoms with Gasteiger partial charge in [-0.3, -0.25) is 9.89 Å². The monoisotopic (exact) mass is 371 g/mol. The summed E-state index contributed by atoms with van der Waals surface area (Å²) in [5.41, 5.74) is 1.27. The molecule has 0 radical (unpaired) electrons. The molecule has 0 unspecified atom stereocenters. The number of halogens is 1. The van der Waals surface area contributed by atoms with E-state index in [9.17, 15) is 9.59 Å². The number of carbonyl (C=O) groups is 2. The van der Waals surface area contributed by atoms with Gasteiger partial charge < -0.3 is 10.4 Å². The minimum atomic E-state index is -1.09. The summed E-state index contributed by atoms with van der Waals surface area (Å²) in [5, 5.41) is 18.1. The van der Waals surface area contributed by atoms with Crippen molar-refractivity contribution in [2.24, 2.45) is 0 Å². The summed E-state index contributed by atoms with van der Waals surface area (Å²) < 4.78 is 0.781. The maximum Gasteiger partial charge on any atom is 0.337 e. The number of hydrogen-bond acceptors (Lipinski definition) is 3. The van der Waals surface area contributed by atoms with Crippen LogP contribution in [0.3, 0.4) is 0 Å². The van der Waals surface area contributed by atoms with Crippen LogP contribution in [0.1, 0.15) is 26.5 Å². The SMILES string of the molecule is Cc1cc(C(=O)Nc2ccc(I)cc2C(=O)O)n[nH]1. The Morgan fingerprint density at radius 1 is 1.37 bits per heavy atom. The van der Waals surface area contributed by atoms with E-state index in [1.807, 2.05) is 22.6 Å². The molecule has 0 aliphatic carbocycles. The molecule has 1 aromatic heterocycles. The number of benzene rings is 1. The lowest BCUT2D eigenvalue weighted by Crippen LogP contribution is -2.15. The molecule has 7 heteroatoms. The third-order valence-corrected chi connectivity index (χ3v) is 3.07. The molecule has 1 amide bonds. The van der Waals surface area contributed by atoms with Crippen molar-refractivity contribution in [1.82, 2.24) is 10.2 Å². The molecule has 0 bridgehead atoms. The Kier molecular flexibility index (Phi) is 3.84. The highest BCUT2D eigenvalue weighted by atomic mass is 127. The standard InChI is InChI=1S/C12H10IN3O3/c1-6-4-10(16-15-6)11(17)14-9-3-2-7(13)5-8(9)12(18)19/h2-5H,1H3,(H,14,17)(H,15,16)(H,18,19). The minimum Gasteiger partial charge on any atom is -0.478 e. The molecule has 3 N–H and O–H groups in total. The molecule has 19 heavy (non-hydrogen) atoms. The average Bonchev–Trinajstić information content (AvgIpc) is 2.78. The highest BCUT2D eigenvalue weighted by molar-refractivity contribution is 14.1. The number of aromatic amines is 1. The molecule has 1 aromatic carbocycles. The average molecular weight is 371 g/mol. The van der Waals surface area contributed by atoms with Crippen LogP contribution >= 0.6 is 22.6 Å². The van der Waals surface area contributed by atoms with Crippen LogP contribution in [-0.2, 0) is 0 Å². The van der Waals surface area contributed by atoms with Gasteiger partial charge in [0.25, 0.3) is 5.91 Å². The van der Waals surface area contributed by atoms with Crippen molar-refractivity contribution in [3.63, 3.8) is 0 Å². The maximum atomic E-state index is 11.9. The second-order valence-corrected chi connectivity index (χ2v) is 5.13. The van der Waals surface area contributed by atoms with Gasteiger partial charge in [-0.05, 0) is 53.8 Å². The van der Waals surface area contributed by atoms with E-state index in [1.165, 1.54) is 6.07 Å². The summed E-state index contributed by atoms with van der Waals surface area (Å²) in [6, 6.07) is 6.36.